The third-order valence-corrected chi connectivity index (χ3v) is 7.28. The van der Waals surface area contributed by atoms with Crippen LogP contribution in [-0.2, 0) is 33.6 Å². The lowest BCUT2D eigenvalue weighted by Crippen LogP contribution is -2.64. The van der Waals surface area contributed by atoms with Gasteiger partial charge in [0.05, 0.1) is 6.42 Å². The highest BCUT2D eigenvalue weighted by molar-refractivity contribution is 5.97. The lowest BCUT2D eigenvalue weighted by atomic mass is 9.78. The Labute approximate surface area is 209 Å². The van der Waals surface area contributed by atoms with Gasteiger partial charge in [0.25, 0.3) is 0 Å². The SMILES string of the molecule is CC(C)[C@H](NC(=O)[C@]1(NC(=O)Cc2c[nH]c3ccccc23)CCc2[nH]c3ccccc3c2C1)C(N)=O. The number of carbonyl (C=O) groups excluding carboxylic acids is 3. The molecule has 8 heteroatoms. The summed E-state index contributed by atoms with van der Waals surface area (Å²) in [6.45, 7) is 3.66. The van der Waals surface area contributed by atoms with Crippen molar-refractivity contribution in [2.24, 2.45) is 11.7 Å². The summed E-state index contributed by atoms with van der Waals surface area (Å²) in [4.78, 5) is 45.9. The molecule has 2 heterocycles. The van der Waals surface area contributed by atoms with Crippen molar-refractivity contribution in [1.29, 1.82) is 0 Å². The molecule has 2 aromatic heterocycles. The first-order valence-corrected chi connectivity index (χ1v) is 12.3. The van der Waals surface area contributed by atoms with E-state index in [1.165, 1.54) is 0 Å². The standard InChI is InChI=1S/C28H31N5O3/c1-16(2)25(26(29)35)32-27(36)28(12-11-23-20(14-28)19-8-4-6-10-22(19)31-23)33-24(34)13-17-15-30-21-9-5-3-7-18(17)21/h3-10,15-16,25,30-31H,11-14H2,1-2H3,(H2,29,35)(H,32,36)(H,33,34)/t25-,28-/m0/s1. The van der Waals surface area contributed by atoms with Crippen LogP contribution in [-0.4, -0.2) is 39.3 Å². The maximum Gasteiger partial charge on any atom is 0.246 e. The zero-order valence-electron chi connectivity index (χ0n) is 20.5. The van der Waals surface area contributed by atoms with Gasteiger partial charge in [-0.15, -0.1) is 0 Å². The molecule has 0 aliphatic heterocycles. The Morgan fingerprint density at radius 2 is 1.72 bits per heavy atom. The molecule has 0 bridgehead atoms. The van der Waals surface area contributed by atoms with Crippen LogP contribution in [0, 0.1) is 5.92 Å². The van der Waals surface area contributed by atoms with Gasteiger partial charge in [0.15, 0.2) is 0 Å². The molecule has 0 saturated heterocycles. The number of benzene rings is 2. The van der Waals surface area contributed by atoms with Crippen LogP contribution in [0.5, 0.6) is 0 Å². The highest BCUT2D eigenvalue weighted by Gasteiger charge is 2.45. The van der Waals surface area contributed by atoms with E-state index in [4.69, 9.17) is 5.73 Å². The normalized spacial score (nSPS) is 18.2. The van der Waals surface area contributed by atoms with Gasteiger partial charge in [-0.2, -0.15) is 0 Å². The molecule has 6 N–H and O–H groups in total. The number of nitrogens with two attached hydrogens (primary N) is 1. The number of H-pyrrole nitrogens is 2. The van der Waals surface area contributed by atoms with E-state index in [1.54, 1.807) is 0 Å². The zero-order chi connectivity index (χ0) is 25.4. The third-order valence-electron chi connectivity index (χ3n) is 7.28. The van der Waals surface area contributed by atoms with Crippen LogP contribution < -0.4 is 16.4 Å². The van der Waals surface area contributed by atoms with Crippen LogP contribution in [0.3, 0.4) is 0 Å². The molecule has 1 aliphatic carbocycles. The predicted octanol–water partition coefficient (Wildman–Crippen LogP) is 2.86. The number of aryl methyl sites for hydroxylation is 1. The Hall–Kier alpha value is -4.07. The summed E-state index contributed by atoms with van der Waals surface area (Å²) < 4.78 is 0. The minimum Gasteiger partial charge on any atom is -0.368 e. The van der Waals surface area contributed by atoms with E-state index in [2.05, 4.69) is 20.6 Å². The van der Waals surface area contributed by atoms with Crippen LogP contribution in [0.4, 0.5) is 0 Å². The molecule has 0 unspecified atom stereocenters. The molecule has 8 nitrogen and oxygen atoms in total. The number of hydrogen-bond acceptors (Lipinski definition) is 3. The van der Waals surface area contributed by atoms with E-state index in [1.807, 2.05) is 68.6 Å². The molecule has 4 aromatic rings. The van der Waals surface area contributed by atoms with Crippen LogP contribution in [0.1, 0.15) is 37.1 Å². The van der Waals surface area contributed by atoms with Gasteiger partial charge >= 0.3 is 0 Å². The number of primary amides is 1. The Morgan fingerprint density at radius 1 is 1.03 bits per heavy atom. The molecule has 0 fully saturated rings. The summed E-state index contributed by atoms with van der Waals surface area (Å²) in [5, 5.41) is 7.94. The minimum atomic E-state index is -1.20. The number of rotatable bonds is 7. The summed E-state index contributed by atoms with van der Waals surface area (Å²) in [7, 11) is 0. The number of amides is 3. The Balaban J connectivity index is 1.47. The zero-order valence-corrected chi connectivity index (χ0v) is 20.5. The van der Waals surface area contributed by atoms with Crippen molar-refractivity contribution >= 4 is 39.5 Å². The maximum atomic E-state index is 13.8. The summed E-state index contributed by atoms with van der Waals surface area (Å²) in [6, 6.07) is 14.9. The second-order valence-corrected chi connectivity index (χ2v) is 10.1. The first-order valence-electron chi connectivity index (χ1n) is 12.3. The lowest BCUT2D eigenvalue weighted by Gasteiger charge is -2.38. The van der Waals surface area contributed by atoms with Crippen molar-refractivity contribution in [2.45, 2.75) is 51.1 Å². The highest BCUT2D eigenvalue weighted by Crippen LogP contribution is 2.34. The summed E-state index contributed by atoms with van der Waals surface area (Å²) in [5.41, 5.74) is 9.28. The molecule has 0 spiro atoms. The van der Waals surface area contributed by atoms with Crippen molar-refractivity contribution in [3.05, 3.63) is 71.5 Å². The fourth-order valence-electron chi connectivity index (χ4n) is 5.36. The topological polar surface area (TPSA) is 133 Å². The first kappa shape index (κ1) is 23.7. The van der Waals surface area contributed by atoms with Gasteiger partial charge in [-0.05, 0) is 42.0 Å². The Kier molecular flexibility index (Phi) is 6.04. The van der Waals surface area contributed by atoms with E-state index in [9.17, 15) is 14.4 Å². The average Bonchev–Trinajstić information content (AvgIpc) is 3.43. The van der Waals surface area contributed by atoms with Gasteiger partial charge < -0.3 is 26.3 Å². The van der Waals surface area contributed by atoms with Crippen LogP contribution in [0.25, 0.3) is 21.8 Å². The second-order valence-electron chi connectivity index (χ2n) is 10.1. The molecule has 1 aliphatic rings. The summed E-state index contributed by atoms with van der Waals surface area (Å²) in [5.74, 6) is -1.42. The van der Waals surface area contributed by atoms with Crippen molar-refractivity contribution in [1.82, 2.24) is 20.6 Å². The van der Waals surface area contributed by atoms with Gasteiger partial charge in [-0.25, -0.2) is 0 Å². The van der Waals surface area contributed by atoms with E-state index in [0.717, 1.165) is 38.6 Å². The molecule has 2 atom stereocenters. The van der Waals surface area contributed by atoms with Crippen molar-refractivity contribution in [2.75, 3.05) is 0 Å². The van der Waals surface area contributed by atoms with Gasteiger partial charge in [0.1, 0.15) is 11.6 Å². The lowest BCUT2D eigenvalue weighted by molar-refractivity contribution is -0.136. The molecule has 186 valence electrons. The third kappa shape index (κ3) is 4.23. The molecule has 3 amide bonds. The van der Waals surface area contributed by atoms with Crippen molar-refractivity contribution in [3.63, 3.8) is 0 Å². The minimum absolute atomic E-state index is 0.128. The number of hydrogen-bond donors (Lipinski definition) is 5. The molecule has 2 aromatic carbocycles. The molecule has 36 heavy (non-hydrogen) atoms. The van der Waals surface area contributed by atoms with Gasteiger partial charge in [-0.1, -0.05) is 50.2 Å². The molecule has 0 saturated carbocycles. The number of para-hydroxylation sites is 2. The largest absolute Gasteiger partial charge is 0.368 e. The van der Waals surface area contributed by atoms with E-state index < -0.39 is 17.5 Å². The van der Waals surface area contributed by atoms with Crippen LogP contribution >= 0.6 is 0 Å². The monoisotopic (exact) mass is 485 g/mol. The Bertz CT molecular complexity index is 1470. The first-order chi connectivity index (χ1) is 17.3. The summed E-state index contributed by atoms with van der Waals surface area (Å²) >= 11 is 0. The smallest absolute Gasteiger partial charge is 0.246 e. The van der Waals surface area contributed by atoms with E-state index >= 15 is 0 Å². The van der Waals surface area contributed by atoms with Crippen molar-refractivity contribution < 1.29 is 14.4 Å². The number of aromatic nitrogens is 2. The summed E-state index contributed by atoms with van der Waals surface area (Å²) in [6.07, 6.45) is 3.28. The molecule has 0 radical (unpaired) electrons. The number of fused-ring (bicyclic) bond motifs is 4. The van der Waals surface area contributed by atoms with Crippen molar-refractivity contribution in [3.8, 4) is 0 Å². The quantitative estimate of drug-likeness (QED) is 0.276. The maximum absolute atomic E-state index is 13.8. The van der Waals surface area contributed by atoms with Gasteiger partial charge in [-0.3, -0.25) is 14.4 Å². The van der Waals surface area contributed by atoms with E-state index in [0.29, 0.717) is 19.3 Å². The van der Waals surface area contributed by atoms with Crippen LogP contribution in [0.15, 0.2) is 54.7 Å². The predicted molar refractivity (Wildman–Crippen MR) is 139 cm³/mol. The molecule has 5 rings (SSSR count). The average molecular weight is 486 g/mol. The number of nitrogens with one attached hydrogen (secondary N) is 4. The second kappa shape index (κ2) is 9.18. The fraction of sp³-hybridized carbons (Fsp3) is 0.321. The van der Waals surface area contributed by atoms with Crippen LogP contribution in [0.2, 0.25) is 0 Å². The highest BCUT2D eigenvalue weighted by atomic mass is 16.2. The number of aromatic amines is 2. The Morgan fingerprint density at radius 3 is 2.44 bits per heavy atom. The van der Waals surface area contributed by atoms with Gasteiger partial charge in [0.2, 0.25) is 17.7 Å². The molecular formula is C28H31N5O3. The van der Waals surface area contributed by atoms with E-state index in [-0.39, 0.29) is 24.2 Å². The van der Waals surface area contributed by atoms with Gasteiger partial charge in [0, 0.05) is 40.1 Å². The fourth-order valence-corrected chi connectivity index (χ4v) is 5.36. The number of carbonyl (C=O) groups is 3. The molecular weight excluding hydrogens is 454 g/mol.